The van der Waals surface area contributed by atoms with Crippen LogP contribution < -0.4 is 0 Å². The van der Waals surface area contributed by atoms with Crippen molar-refractivity contribution in [2.24, 2.45) is 0 Å². The van der Waals surface area contributed by atoms with E-state index in [2.05, 4.69) is 30.9 Å². The zero-order chi connectivity index (χ0) is 14.1. The SMILES string of the molecule is O=C(O)CCc1[nH]c(-c2c[nH]c3ccccc23)nc1Br. The van der Waals surface area contributed by atoms with Gasteiger partial charge in [-0.05, 0) is 22.0 Å². The molecule has 3 aromatic rings. The van der Waals surface area contributed by atoms with Crippen molar-refractivity contribution in [1.82, 2.24) is 15.0 Å². The summed E-state index contributed by atoms with van der Waals surface area (Å²) in [5, 5.41) is 9.83. The Morgan fingerprint density at radius 2 is 2.15 bits per heavy atom. The molecule has 0 aliphatic rings. The molecular formula is C14H12BrN3O2. The summed E-state index contributed by atoms with van der Waals surface area (Å²) in [6.07, 6.45) is 2.40. The molecule has 0 saturated heterocycles. The number of nitrogens with one attached hydrogen (secondary N) is 2. The Bertz CT molecular complexity index is 776. The summed E-state index contributed by atoms with van der Waals surface area (Å²) in [5.41, 5.74) is 2.82. The molecule has 0 fully saturated rings. The van der Waals surface area contributed by atoms with Crippen LogP contribution >= 0.6 is 15.9 Å². The van der Waals surface area contributed by atoms with Gasteiger partial charge in [0.2, 0.25) is 0 Å². The Hall–Kier alpha value is -2.08. The second-order valence-corrected chi connectivity index (χ2v) is 5.25. The lowest BCUT2D eigenvalue weighted by Crippen LogP contribution is -1.98. The van der Waals surface area contributed by atoms with Crippen LogP contribution in [-0.4, -0.2) is 26.0 Å². The van der Waals surface area contributed by atoms with Crippen LogP contribution in [0.4, 0.5) is 0 Å². The first-order valence-electron chi connectivity index (χ1n) is 6.18. The molecule has 0 atom stereocenters. The van der Waals surface area contributed by atoms with Gasteiger partial charge in [-0.15, -0.1) is 0 Å². The summed E-state index contributed by atoms with van der Waals surface area (Å²) in [6.45, 7) is 0. The summed E-state index contributed by atoms with van der Waals surface area (Å²) in [6, 6.07) is 7.97. The summed E-state index contributed by atoms with van der Waals surface area (Å²) in [5.74, 6) is -0.0881. The van der Waals surface area contributed by atoms with E-state index in [4.69, 9.17) is 5.11 Å². The van der Waals surface area contributed by atoms with Gasteiger partial charge in [-0.2, -0.15) is 0 Å². The molecule has 6 heteroatoms. The van der Waals surface area contributed by atoms with E-state index in [0.29, 0.717) is 11.0 Å². The topological polar surface area (TPSA) is 81.8 Å². The van der Waals surface area contributed by atoms with Gasteiger partial charge in [0.15, 0.2) is 0 Å². The monoisotopic (exact) mass is 333 g/mol. The van der Waals surface area contributed by atoms with Gasteiger partial charge in [-0.25, -0.2) is 4.98 Å². The highest BCUT2D eigenvalue weighted by Gasteiger charge is 2.13. The number of hydrogen-bond donors (Lipinski definition) is 3. The predicted molar refractivity (Wildman–Crippen MR) is 79.5 cm³/mol. The van der Waals surface area contributed by atoms with Crippen LogP contribution in [0.15, 0.2) is 35.1 Å². The number of aromatic nitrogens is 3. The second kappa shape index (κ2) is 5.13. The number of carbonyl (C=O) groups is 1. The van der Waals surface area contributed by atoms with Gasteiger partial charge in [0.25, 0.3) is 0 Å². The highest BCUT2D eigenvalue weighted by molar-refractivity contribution is 9.10. The van der Waals surface area contributed by atoms with Crippen molar-refractivity contribution in [2.45, 2.75) is 12.8 Å². The third-order valence-corrected chi connectivity index (χ3v) is 3.82. The number of para-hydroxylation sites is 1. The Labute approximate surface area is 123 Å². The molecule has 2 heterocycles. The molecule has 0 bridgehead atoms. The van der Waals surface area contributed by atoms with Crippen molar-refractivity contribution in [3.8, 4) is 11.4 Å². The van der Waals surface area contributed by atoms with Crippen LogP contribution in [0.3, 0.4) is 0 Å². The number of imidazole rings is 1. The largest absolute Gasteiger partial charge is 0.481 e. The zero-order valence-corrected chi connectivity index (χ0v) is 12.1. The van der Waals surface area contributed by atoms with Crippen LogP contribution in [0.25, 0.3) is 22.3 Å². The summed E-state index contributed by atoms with van der Waals surface area (Å²) < 4.78 is 0.666. The van der Waals surface area contributed by atoms with Crippen LogP contribution in [0.1, 0.15) is 12.1 Å². The standard InChI is InChI=1S/C14H12BrN3O2/c15-13-11(5-6-12(19)20)17-14(18-13)9-7-16-10-4-2-1-3-8(9)10/h1-4,7,16H,5-6H2,(H,17,18)(H,19,20). The normalized spacial score (nSPS) is 11.1. The van der Waals surface area contributed by atoms with E-state index in [-0.39, 0.29) is 6.42 Å². The number of rotatable bonds is 4. The molecule has 2 aromatic heterocycles. The van der Waals surface area contributed by atoms with E-state index < -0.39 is 5.97 Å². The first kappa shape index (κ1) is 12.9. The van der Waals surface area contributed by atoms with Gasteiger partial charge < -0.3 is 15.1 Å². The molecule has 0 radical (unpaired) electrons. The number of carboxylic acids is 1. The number of H-pyrrole nitrogens is 2. The van der Waals surface area contributed by atoms with E-state index >= 15 is 0 Å². The van der Waals surface area contributed by atoms with Gasteiger partial charge >= 0.3 is 5.97 Å². The van der Waals surface area contributed by atoms with Gasteiger partial charge in [0.1, 0.15) is 10.4 Å². The fraction of sp³-hybridized carbons (Fsp3) is 0.143. The Balaban J connectivity index is 1.98. The van der Waals surface area contributed by atoms with E-state index in [1.165, 1.54) is 0 Å². The lowest BCUT2D eigenvalue weighted by atomic mass is 10.2. The minimum Gasteiger partial charge on any atom is -0.481 e. The van der Waals surface area contributed by atoms with Crippen molar-refractivity contribution < 1.29 is 9.90 Å². The van der Waals surface area contributed by atoms with Crippen molar-refractivity contribution >= 4 is 32.8 Å². The molecule has 1 aromatic carbocycles. The number of benzene rings is 1. The summed E-state index contributed by atoms with van der Waals surface area (Å²) in [4.78, 5) is 21.5. The molecule has 0 unspecified atom stereocenters. The smallest absolute Gasteiger partial charge is 0.303 e. The molecule has 3 rings (SSSR count). The van der Waals surface area contributed by atoms with E-state index in [9.17, 15) is 4.79 Å². The van der Waals surface area contributed by atoms with Crippen molar-refractivity contribution in [3.63, 3.8) is 0 Å². The number of aryl methyl sites for hydroxylation is 1. The minimum absolute atomic E-state index is 0.0775. The number of carboxylic acid groups (broad SMARTS) is 1. The minimum atomic E-state index is -0.819. The van der Waals surface area contributed by atoms with Crippen LogP contribution in [0.2, 0.25) is 0 Å². The zero-order valence-electron chi connectivity index (χ0n) is 10.5. The number of aliphatic carboxylic acids is 1. The highest BCUT2D eigenvalue weighted by Crippen LogP contribution is 2.28. The molecule has 0 spiro atoms. The molecule has 0 aliphatic carbocycles. The van der Waals surface area contributed by atoms with Crippen molar-refractivity contribution in [2.75, 3.05) is 0 Å². The van der Waals surface area contributed by atoms with Gasteiger partial charge in [0, 0.05) is 29.1 Å². The number of hydrogen-bond acceptors (Lipinski definition) is 2. The molecule has 102 valence electrons. The first-order chi connectivity index (χ1) is 9.65. The van der Waals surface area contributed by atoms with Crippen LogP contribution in [0, 0.1) is 0 Å². The summed E-state index contributed by atoms with van der Waals surface area (Å²) >= 11 is 3.37. The third-order valence-electron chi connectivity index (χ3n) is 3.16. The predicted octanol–water partition coefficient (Wildman–Crippen LogP) is 3.34. The van der Waals surface area contributed by atoms with Crippen LogP contribution in [0.5, 0.6) is 0 Å². The second-order valence-electron chi connectivity index (χ2n) is 4.50. The van der Waals surface area contributed by atoms with E-state index in [1.807, 2.05) is 30.5 Å². The highest BCUT2D eigenvalue weighted by atomic mass is 79.9. The van der Waals surface area contributed by atoms with E-state index in [1.54, 1.807) is 0 Å². The fourth-order valence-corrected chi connectivity index (χ4v) is 2.66. The molecule has 0 amide bonds. The maximum atomic E-state index is 10.6. The lowest BCUT2D eigenvalue weighted by molar-refractivity contribution is -0.136. The Morgan fingerprint density at radius 3 is 2.95 bits per heavy atom. The number of fused-ring (bicyclic) bond motifs is 1. The van der Waals surface area contributed by atoms with Crippen molar-refractivity contribution in [1.29, 1.82) is 0 Å². The maximum Gasteiger partial charge on any atom is 0.303 e. The quantitative estimate of drug-likeness (QED) is 0.684. The molecule has 0 saturated carbocycles. The maximum absolute atomic E-state index is 10.6. The number of aromatic amines is 2. The fourth-order valence-electron chi connectivity index (χ4n) is 2.18. The van der Waals surface area contributed by atoms with Crippen molar-refractivity contribution in [3.05, 3.63) is 40.8 Å². The average molecular weight is 334 g/mol. The Morgan fingerprint density at radius 1 is 1.35 bits per heavy atom. The van der Waals surface area contributed by atoms with Gasteiger partial charge in [0.05, 0.1) is 12.1 Å². The summed E-state index contributed by atoms with van der Waals surface area (Å²) in [7, 11) is 0. The first-order valence-corrected chi connectivity index (χ1v) is 6.97. The molecule has 3 N–H and O–H groups in total. The van der Waals surface area contributed by atoms with Gasteiger partial charge in [-0.3, -0.25) is 4.79 Å². The number of halogens is 1. The Kier molecular flexibility index (Phi) is 3.31. The molecular weight excluding hydrogens is 322 g/mol. The molecule has 20 heavy (non-hydrogen) atoms. The van der Waals surface area contributed by atoms with Crippen LogP contribution in [-0.2, 0) is 11.2 Å². The lowest BCUT2D eigenvalue weighted by Gasteiger charge is -1.95. The van der Waals surface area contributed by atoms with Gasteiger partial charge in [-0.1, -0.05) is 18.2 Å². The molecule has 0 aliphatic heterocycles. The third kappa shape index (κ3) is 2.34. The number of nitrogens with zero attached hydrogens (tertiary/aromatic N) is 1. The average Bonchev–Trinajstić information content (AvgIpc) is 3.00. The molecule has 5 nitrogen and oxygen atoms in total. The van der Waals surface area contributed by atoms with E-state index in [0.717, 1.165) is 28.0 Å².